The Bertz CT molecular complexity index is 748. The van der Waals surface area contributed by atoms with Gasteiger partial charge in [0.2, 0.25) is 5.91 Å². The number of nitrogens with zero attached hydrogens (tertiary/aromatic N) is 3. The third-order valence-electron chi connectivity index (χ3n) is 5.16. The van der Waals surface area contributed by atoms with Gasteiger partial charge in [-0.15, -0.1) is 0 Å². The summed E-state index contributed by atoms with van der Waals surface area (Å²) in [6, 6.07) is 7.65. The van der Waals surface area contributed by atoms with Crippen molar-refractivity contribution in [3.8, 4) is 0 Å². The second-order valence-corrected chi connectivity index (χ2v) is 7.15. The van der Waals surface area contributed by atoms with E-state index in [4.69, 9.17) is 9.26 Å². The summed E-state index contributed by atoms with van der Waals surface area (Å²) in [6.07, 6.45) is 3.33. The van der Waals surface area contributed by atoms with E-state index in [9.17, 15) is 4.79 Å². The first kappa shape index (κ1) is 17.2. The monoisotopic (exact) mass is 356 g/mol. The first-order valence-electron chi connectivity index (χ1n) is 9.15. The Morgan fingerprint density at radius 2 is 2.31 bits per heavy atom. The van der Waals surface area contributed by atoms with Crippen LogP contribution in [0.1, 0.15) is 30.0 Å². The van der Waals surface area contributed by atoms with E-state index >= 15 is 0 Å². The first-order chi connectivity index (χ1) is 12.7. The molecule has 7 nitrogen and oxygen atoms in total. The zero-order valence-electron chi connectivity index (χ0n) is 14.9. The highest BCUT2D eigenvalue weighted by Gasteiger charge is 2.41. The van der Waals surface area contributed by atoms with Crippen LogP contribution in [0.5, 0.6) is 0 Å². The van der Waals surface area contributed by atoms with Crippen molar-refractivity contribution >= 4 is 5.91 Å². The van der Waals surface area contributed by atoms with E-state index in [0.717, 1.165) is 49.6 Å². The molecular weight excluding hydrogens is 332 g/mol. The zero-order valence-corrected chi connectivity index (χ0v) is 14.9. The van der Waals surface area contributed by atoms with Gasteiger partial charge in [0.1, 0.15) is 11.9 Å². The number of aryl methyl sites for hydroxylation is 1. The van der Waals surface area contributed by atoms with Gasteiger partial charge < -0.3 is 14.6 Å². The van der Waals surface area contributed by atoms with Gasteiger partial charge in [0.05, 0.1) is 24.0 Å². The van der Waals surface area contributed by atoms with Gasteiger partial charge in [-0.3, -0.25) is 14.7 Å². The van der Waals surface area contributed by atoms with Crippen LogP contribution in [-0.4, -0.2) is 46.2 Å². The van der Waals surface area contributed by atoms with E-state index in [2.05, 4.69) is 20.4 Å². The molecule has 2 aromatic heterocycles. The lowest BCUT2D eigenvalue weighted by Crippen LogP contribution is -2.42. The van der Waals surface area contributed by atoms with E-state index in [0.29, 0.717) is 12.5 Å². The third kappa shape index (κ3) is 3.94. The summed E-state index contributed by atoms with van der Waals surface area (Å²) in [5, 5.41) is 7.01. The number of piperidine rings is 1. The largest absolute Gasteiger partial charge is 0.364 e. The van der Waals surface area contributed by atoms with Crippen LogP contribution < -0.4 is 5.32 Å². The van der Waals surface area contributed by atoms with E-state index in [1.165, 1.54) is 0 Å². The molecule has 0 radical (unpaired) electrons. The summed E-state index contributed by atoms with van der Waals surface area (Å²) in [5.74, 6) is 1.25. The molecule has 1 N–H and O–H groups in total. The first-order valence-corrected chi connectivity index (χ1v) is 9.15. The minimum atomic E-state index is -0.358. The molecule has 7 heteroatoms. The summed E-state index contributed by atoms with van der Waals surface area (Å²) in [5.41, 5.74) is 1.80. The number of nitrogens with one attached hydrogen (secondary N) is 1. The Labute approximate surface area is 152 Å². The fraction of sp³-hybridized carbons (Fsp3) is 0.526. The van der Waals surface area contributed by atoms with Gasteiger partial charge in [0, 0.05) is 25.4 Å². The Hall–Kier alpha value is -2.25. The van der Waals surface area contributed by atoms with E-state index in [1.54, 1.807) is 6.20 Å². The van der Waals surface area contributed by atoms with Crippen molar-refractivity contribution in [2.75, 3.05) is 13.1 Å². The molecule has 0 aliphatic carbocycles. The average Bonchev–Trinajstić information content (AvgIpc) is 3.26. The summed E-state index contributed by atoms with van der Waals surface area (Å²) in [7, 11) is 0. The van der Waals surface area contributed by atoms with Gasteiger partial charge in [-0.25, -0.2) is 0 Å². The number of fused-ring (bicyclic) bond motifs is 1. The van der Waals surface area contributed by atoms with Crippen LogP contribution in [0.4, 0.5) is 0 Å². The standard InChI is InChI=1S/C19H24N4O3/c1-13-8-16(22-26-13)11-23-7-5-14-9-17(25-18(14)12-23)19(24)21-10-15-4-2-3-6-20-15/h2-4,6,8,14,17-18H,5,7,9-12H2,1H3,(H,21,24)/t14-,17+,18+/m1/s1. The van der Waals surface area contributed by atoms with Crippen LogP contribution in [0.3, 0.4) is 0 Å². The van der Waals surface area contributed by atoms with Crippen molar-refractivity contribution in [1.29, 1.82) is 0 Å². The van der Waals surface area contributed by atoms with Gasteiger partial charge >= 0.3 is 0 Å². The highest BCUT2D eigenvalue weighted by atomic mass is 16.5. The van der Waals surface area contributed by atoms with Crippen LogP contribution in [0, 0.1) is 12.8 Å². The highest BCUT2D eigenvalue weighted by Crippen LogP contribution is 2.33. The van der Waals surface area contributed by atoms with Crippen LogP contribution in [0.2, 0.25) is 0 Å². The molecule has 2 saturated heterocycles. The quantitative estimate of drug-likeness (QED) is 0.878. The van der Waals surface area contributed by atoms with Crippen LogP contribution in [-0.2, 0) is 22.6 Å². The van der Waals surface area contributed by atoms with Gasteiger partial charge in [-0.2, -0.15) is 0 Å². The van der Waals surface area contributed by atoms with Gasteiger partial charge in [0.25, 0.3) is 0 Å². The van der Waals surface area contributed by atoms with Gasteiger partial charge in [-0.05, 0) is 44.4 Å². The Kier molecular flexibility index (Phi) is 4.99. The molecule has 2 aliphatic rings. The molecule has 0 aromatic carbocycles. The second kappa shape index (κ2) is 7.55. The molecule has 138 valence electrons. The summed E-state index contributed by atoms with van der Waals surface area (Å²) < 4.78 is 11.2. The van der Waals surface area contributed by atoms with Gasteiger partial charge in [-0.1, -0.05) is 11.2 Å². The van der Waals surface area contributed by atoms with Crippen LogP contribution in [0.25, 0.3) is 0 Å². The second-order valence-electron chi connectivity index (χ2n) is 7.15. The fourth-order valence-corrected chi connectivity index (χ4v) is 3.82. The highest BCUT2D eigenvalue weighted by molar-refractivity contribution is 5.81. The van der Waals surface area contributed by atoms with Crippen molar-refractivity contribution in [2.24, 2.45) is 5.92 Å². The smallest absolute Gasteiger partial charge is 0.249 e. The predicted octanol–water partition coefficient (Wildman–Crippen LogP) is 1.67. The lowest BCUT2D eigenvalue weighted by Gasteiger charge is -2.33. The predicted molar refractivity (Wildman–Crippen MR) is 94.0 cm³/mol. The molecule has 0 saturated carbocycles. The number of aromatic nitrogens is 2. The number of hydrogen-bond donors (Lipinski definition) is 1. The SMILES string of the molecule is Cc1cc(CN2CC[C@@H]3C[C@@H](C(=O)NCc4ccccn4)O[C@H]3C2)no1. The number of amides is 1. The number of rotatable bonds is 5. The third-order valence-corrected chi connectivity index (χ3v) is 5.16. The van der Waals surface area contributed by atoms with Gasteiger partial charge in [0.15, 0.2) is 0 Å². The van der Waals surface area contributed by atoms with Crippen molar-refractivity contribution < 1.29 is 14.1 Å². The molecule has 4 rings (SSSR count). The number of ether oxygens (including phenoxy) is 1. The summed E-state index contributed by atoms with van der Waals surface area (Å²) in [6.45, 7) is 4.93. The average molecular weight is 356 g/mol. The van der Waals surface area contributed by atoms with Crippen molar-refractivity contribution in [2.45, 2.75) is 45.1 Å². The van der Waals surface area contributed by atoms with E-state index in [1.807, 2.05) is 31.2 Å². The molecule has 0 bridgehead atoms. The summed E-state index contributed by atoms with van der Waals surface area (Å²) >= 11 is 0. The Balaban J connectivity index is 1.28. The molecule has 1 amide bonds. The molecule has 2 fully saturated rings. The maximum atomic E-state index is 12.4. The molecule has 26 heavy (non-hydrogen) atoms. The minimum Gasteiger partial charge on any atom is -0.364 e. The zero-order chi connectivity index (χ0) is 17.9. The fourth-order valence-electron chi connectivity index (χ4n) is 3.82. The number of hydrogen-bond acceptors (Lipinski definition) is 6. The Morgan fingerprint density at radius 3 is 3.08 bits per heavy atom. The number of carbonyl (C=O) groups is 1. The molecule has 3 atom stereocenters. The molecule has 0 unspecified atom stereocenters. The van der Waals surface area contributed by atoms with Crippen molar-refractivity contribution in [3.05, 3.63) is 47.6 Å². The summed E-state index contributed by atoms with van der Waals surface area (Å²) in [4.78, 5) is 19.0. The number of pyridine rings is 1. The van der Waals surface area contributed by atoms with Crippen LogP contribution >= 0.6 is 0 Å². The molecule has 4 heterocycles. The molecule has 0 spiro atoms. The molecule has 2 aromatic rings. The lowest BCUT2D eigenvalue weighted by atomic mass is 9.91. The van der Waals surface area contributed by atoms with Crippen molar-refractivity contribution in [1.82, 2.24) is 20.4 Å². The Morgan fingerprint density at radius 1 is 1.38 bits per heavy atom. The number of likely N-dealkylation sites (tertiary alicyclic amines) is 1. The number of carbonyl (C=O) groups excluding carboxylic acids is 1. The van der Waals surface area contributed by atoms with E-state index in [-0.39, 0.29) is 18.1 Å². The normalized spacial score (nSPS) is 25.8. The minimum absolute atomic E-state index is 0.0382. The van der Waals surface area contributed by atoms with Crippen molar-refractivity contribution in [3.63, 3.8) is 0 Å². The van der Waals surface area contributed by atoms with Crippen LogP contribution in [0.15, 0.2) is 35.0 Å². The maximum absolute atomic E-state index is 12.4. The lowest BCUT2D eigenvalue weighted by molar-refractivity contribution is -0.133. The maximum Gasteiger partial charge on any atom is 0.249 e. The topological polar surface area (TPSA) is 80.5 Å². The molecular formula is C19H24N4O3. The van der Waals surface area contributed by atoms with E-state index < -0.39 is 0 Å². The molecule has 2 aliphatic heterocycles.